The Balaban J connectivity index is 2.70. The lowest BCUT2D eigenvalue weighted by molar-refractivity contribution is 0.360. The smallest absolute Gasteiger partial charge is 0.353 e. The van der Waals surface area contributed by atoms with Crippen molar-refractivity contribution in [1.29, 1.82) is 0 Å². The Labute approximate surface area is 100 Å². The Hall–Kier alpha value is -2.08. The number of nitrogens with zero attached hydrogens (tertiary/aromatic N) is 2. The van der Waals surface area contributed by atoms with Gasteiger partial charge in [-0.25, -0.2) is 14.2 Å². The molecule has 2 rings (SSSR count). The van der Waals surface area contributed by atoms with Gasteiger partial charge in [0.25, 0.3) is 0 Å². The first-order valence-corrected chi connectivity index (χ1v) is 5.03. The van der Waals surface area contributed by atoms with E-state index in [0.29, 0.717) is 10.7 Å². The molecule has 0 bridgehead atoms. The highest BCUT2D eigenvalue weighted by molar-refractivity contribution is 6.30. The molecule has 88 valence electrons. The molecule has 7 heteroatoms. The maximum absolute atomic E-state index is 11.7. The molecule has 0 fully saturated rings. The third-order valence-electron chi connectivity index (χ3n) is 2.07. The van der Waals surface area contributed by atoms with Crippen molar-refractivity contribution in [2.24, 2.45) is 0 Å². The summed E-state index contributed by atoms with van der Waals surface area (Å²) in [6.07, 6.45) is 0. The van der Waals surface area contributed by atoms with Crippen LogP contribution >= 0.6 is 11.6 Å². The van der Waals surface area contributed by atoms with E-state index in [4.69, 9.17) is 16.3 Å². The molecule has 0 spiro atoms. The molecular weight excluding hydrogens is 246 g/mol. The van der Waals surface area contributed by atoms with Gasteiger partial charge in [-0.1, -0.05) is 11.6 Å². The van der Waals surface area contributed by atoms with Gasteiger partial charge in [0.15, 0.2) is 0 Å². The average Bonchev–Trinajstić information content (AvgIpc) is 2.30. The highest BCUT2D eigenvalue weighted by Crippen LogP contribution is 2.14. The van der Waals surface area contributed by atoms with Crippen LogP contribution in [0.3, 0.4) is 0 Å². The molecule has 0 aliphatic carbocycles. The second-order valence-electron chi connectivity index (χ2n) is 3.15. The van der Waals surface area contributed by atoms with Crippen LogP contribution in [-0.2, 0) is 0 Å². The van der Waals surface area contributed by atoms with Gasteiger partial charge < -0.3 is 4.74 Å². The Kier molecular flexibility index (Phi) is 2.97. The van der Waals surface area contributed by atoms with E-state index in [2.05, 4.69) is 9.97 Å². The van der Waals surface area contributed by atoms with E-state index in [1.54, 1.807) is 24.3 Å². The monoisotopic (exact) mass is 253 g/mol. The molecule has 6 nitrogen and oxygen atoms in total. The number of nitrogens with one attached hydrogen (secondary N) is 1. The van der Waals surface area contributed by atoms with Crippen LogP contribution in [0, 0.1) is 0 Å². The first kappa shape index (κ1) is 11.4. The van der Waals surface area contributed by atoms with Crippen molar-refractivity contribution in [3.8, 4) is 11.7 Å². The molecule has 1 aromatic carbocycles. The van der Waals surface area contributed by atoms with E-state index >= 15 is 0 Å². The quantitative estimate of drug-likeness (QED) is 0.849. The van der Waals surface area contributed by atoms with Crippen LogP contribution in [0.4, 0.5) is 0 Å². The minimum Gasteiger partial charge on any atom is -0.468 e. The van der Waals surface area contributed by atoms with Gasteiger partial charge in [0.1, 0.15) is 0 Å². The maximum atomic E-state index is 11.7. The van der Waals surface area contributed by atoms with Gasteiger partial charge >= 0.3 is 17.4 Å². The zero-order valence-corrected chi connectivity index (χ0v) is 9.56. The largest absolute Gasteiger partial charge is 0.468 e. The average molecular weight is 254 g/mol. The second kappa shape index (κ2) is 4.42. The van der Waals surface area contributed by atoms with E-state index < -0.39 is 11.4 Å². The fourth-order valence-electron chi connectivity index (χ4n) is 1.35. The van der Waals surface area contributed by atoms with Gasteiger partial charge in [0.2, 0.25) is 0 Å². The topological polar surface area (TPSA) is 77.0 Å². The van der Waals surface area contributed by atoms with Crippen LogP contribution in [-0.4, -0.2) is 21.6 Å². The van der Waals surface area contributed by atoms with Crippen molar-refractivity contribution in [2.45, 2.75) is 0 Å². The third kappa shape index (κ3) is 2.21. The van der Waals surface area contributed by atoms with Crippen molar-refractivity contribution in [2.75, 3.05) is 7.11 Å². The highest BCUT2D eigenvalue weighted by Gasteiger charge is 2.09. The summed E-state index contributed by atoms with van der Waals surface area (Å²) in [6, 6.07) is 6.39. The normalized spacial score (nSPS) is 10.2. The van der Waals surface area contributed by atoms with Gasteiger partial charge in [0, 0.05) is 5.02 Å². The number of H-pyrrole nitrogens is 1. The fraction of sp³-hybridized carbons (Fsp3) is 0.100. The molecule has 1 N–H and O–H groups in total. The van der Waals surface area contributed by atoms with E-state index in [9.17, 15) is 9.59 Å². The minimum absolute atomic E-state index is 0.0823. The molecule has 1 heterocycles. The van der Waals surface area contributed by atoms with Gasteiger partial charge in [-0.05, 0) is 24.3 Å². The predicted octanol–water partition coefficient (Wildman–Crippen LogP) is 0.583. The van der Waals surface area contributed by atoms with Crippen molar-refractivity contribution in [3.63, 3.8) is 0 Å². The lowest BCUT2D eigenvalue weighted by atomic mass is 10.3. The number of rotatable bonds is 2. The summed E-state index contributed by atoms with van der Waals surface area (Å²) in [5.74, 6) is 0. The molecule has 0 saturated heterocycles. The molecule has 0 atom stereocenters. The van der Waals surface area contributed by atoms with Crippen molar-refractivity contribution >= 4 is 11.6 Å². The third-order valence-corrected chi connectivity index (χ3v) is 2.32. The summed E-state index contributed by atoms with van der Waals surface area (Å²) in [5.41, 5.74) is -0.874. The Morgan fingerprint density at radius 3 is 2.53 bits per heavy atom. The lowest BCUT2D eigenvalue weighted by Gasteiger charge is -2.08. The predicted molar refractivity (Wildman–Crippen MR) is 62.0 cm³/mol. The Morgan fingerprint density at radius 1 is 1.29 bits per heavy atom. The molecule has 0 amide bonds. The summed E-state index contributed by atoms with van der Waals surface area (Å²) >= 11 is 5.75. The molecule has 17 heavy (non-hydrogen) atoms. The maximum Gasteiger partial charge on any atom is 0.353 e. The first-order chi connectivity index (χ1) is 8.11. The number of methoxy groups -OCH3 is 1. The van der Waals surface area contributed by atoms with E-state index in [-0.39, 0.29) is 6.01 Å². The van der Waals surface area contributed by atoms with E-state index in [1.807, 2.05) is 0 Å². The minimum atomic E-state index is -0.753. The van der Waals surface area contributed by atoms with Crippen LogP contribution in [0.2, 0.25) is 5.02 Å². The molecular formula is C10H8ClN3O3. The van der Waals surface area contributed by atoms with Crippen molar-refractivity contribution < 1.29 is 4.74 Å². The highest BCUT2D eigenvalue weighted by atomic mass is 35.5. The molecule has 2 aromatic rings. The number of ether oxygens (including phenoxy) is 1. The Morgan fingerprint density at radius 2 is 1.94 bits per heavy atom. The van der Waals surface area contributed by atoms with E-state index in [1.165, 1.54) is 7.11 Å². The van der Waals surface area contributed by atoms with Crippen molar-refractivity contribution in [3.05, 3.63) is 50.3 Å². The molecule has 1 aromatic heterocycles. The molecule has 0 aliphatic heterocycles. The molecule has 0 saturated carbocycles. The molecule has 0 unspecified atom stereocenters. The Bertz CT molecular complexity index is 645. The van der Waals surface area contributed by atoms with Crippen LogP contribution in [0.5, 0.6) is 6.01 Å². The van der Waals surface area contributed by atoms with Crippen LogP contribution in [0.15, 0.2) is 33.9 Å². The summed E-state index contributed by atoms with van der Waals surface area (Å²) in [4.78, 5) is 28.3. The van der Waals surface area contributed by atoms with Crippen LogP contribution < -0.4 is 16.1 Å². The number of aromatic amines is 1. The summed E-state index contributed by atoms with van der Waals surface area (Å²) in [6.45, 7) is 0. The standard InChI is InChI=1S/C10H8ClN3O3/c1-17-10-13-8(15)12-9(16)14(10)7-4-2-6(11)3-5-7/h2-5H,1H3,(H,12,15,16). The van der Waals surface area contributed by atoms with Gasteiger partial charge in [0.05, 0.1) is 12.8 Å². The zero-order chi connectivity index (χ0) is 12.4. The van der Waals surface area contributed by atoms with Crippen molar-refractivity contribution in [1.82, 2.24) is 14.5 Å². The summed E-state index contributed by atoms with van der Waals surface area (Å²) in [5, 5.41) is 0.540. The number of hydrogen-bond acceptors (Lipinski definition) is 4. The zero-order valence-electron chi connectivity index (χ0n) is 8.81. The number of hydrogen-bond donors (Lipinski definition) is 1. The molecule has 0 radical (unpaired) electrons. The van der Waals surface area contributed by atoms with E-state index in [0.717, 1.165) is 4.57 Å². The van der Waals surface area contributed by atoms with Gasteiger partial charge in [-0.15, -0.1) is 4.98 Å². The lowest BCUT2D eigenvalue weighted by Crippen LogP contribution is -2.31. The van der Waals surface area contributed by atoms with Gasteiger partial charge in [-0.2, -0.15) is 0 Å². The van der Waals surface area contributed by atoms with Gasteiger partial charge in [-0.3, -0.25) is 4.98 Å². The number of benzene rings is 1. The SMILES string of the molecule is COc1nc(=O)[nH]c(=O)n1-c1ccc(Cl)cc1. The second-order valence-corrected chi connectivity index (χ2v) is 3.58. The molecule has 0 aliphatic rings. The summed E-state index contributed by atoms with van der Waals surface area (Å²) < 4.78 is 6.03. The fourth-order valence-corrected chi connectivity index (χ4v) is 1.48. The first-order valence-electron chi connectivity index (χ1n) is 4.65. The van der Waals surface area contributed by atoms with Crippen LogP contribution in [0.1, 0.15) is 0 Å². The van der Waals surface area contributed by atoms with Crippen LogP contribution in [0.25, 0.3) is 5.69 Å². The summed E-state index contributed by atoms with van der Waals surface area (Å²) in [7, 11) is 1.33. The number of aromatic nitrogens is 3. The number of halogens is 1.